The van der Waals surface area contributed by atoms with Gasteiger partial charge in [-0.15, -0.1) is 0 Å². The van der Waals surface area contributed by atoms with Crippen molar-refractivity contribution in [1.82, 2.24) is 20.1 Å². The van der Waals surface area contributed by atoms with Crippen molar-refractivity contribution in [2.24, 2.45) is 0 Å². The molecule has 3 rings (SSSR count). The van der Waals surface area contributed by atoms with Crippen molar-refractivity contribution in [2.45, 2.75) is 19.4 Å². The molecule has 0 fully saturated rings. The van der Waals surface area contributed by atoms with Crippen LogP contribution >= 0.6 is 23.2 Å². The van der Waals surface area contributed by atoms with Gasteiger partial charge >= 0.3 is 0 Å². The summed E-state index contributed by atoms with van der Waals surface area (Å²) in [7, 11) is 0. The summed E-state index contributed by atoms with van der Waals surface area (Å²) in [5, 5.41) is 8.10. The second kappa shape index (κ2) is 7.68. The van der Waals surface area contributed by atoms with Crippen LogP contribution in [0, 0.1) is 0 Å². The predicted octanol–water partition coefficient (Wildman–Crippen LogP) is 3.99. The molecule has 2 aromatic carbocycles. The standard InChI is InChI=1S/C18H16Cl2N4O/c1-12(13-3-6-16(7-4-13)24-11-21-10-22-24)23-18(25)8-14-2-5-15(19)9-17(14)20/h2-7,9-12H,8H2,1H3,(H,23,25)/t12-/m1/s1. The van der Waals surface area contributed by atoms with E-state index in [1.165, 1.54) is 6.33 Å². The van der Waals surface area contributed by atoms with Crippen molar-refractivity contribution in [3.63, 3.8) is 0 Å². The molecule has 3 aromatic rings. The summed E-state index contributed by atoms with van der Waals surface area (Å²) in [5.74, 6) is -0.0999. The molecule has 0 spiro atoms. The Hall–Kier alpha value is -2.37. The average Bonchev–Trinajstić information content (AvgIpc) is 3.12. The normalized spacial score (nSPS) is 12.0. The lowest BCUT2D eigenvalue weighted by molar-refractivity contribution is -0.121. The van der Waals surface area contributed by atoms with Gasteiger partial charge in [-0.3, -0.25) is 4.79 Å². The van der Waals surface area contributed by atoms with E-state index in [1.807, 2.05) is 31.2 Å². The monoisotopic (exact) mass is 374 g/mol. The number of halogens is 2. The molecular weight excluding hydrogens is 359 g/mol. The zero-order valence-electron chi connectivity index (χ0n) is 13.5. The second-order valence-electron chi connectivity index (χ2n) is 5.63. The molecule has 1 N–H and O–H groups in total. The molecule has 0 aliphatic rings. The molecule has 0 unspecified atom stereocenters. The van der Waals surface area contributed by atoms with E-state index in [2.05, 4.69) is 15.4 Å². The molecule has 1 aromatic heterocycles. The first-order valence-corrected chi connectivity index (χ1v) is 8.47. The number of benzene rings is 2. The lowest BCUT2D eigenvalue weighted by Gasteiger charge is -2.15. The summed E-state index contributed by atoms with van der Waals surface area (Å²) >= 11 is 12.0. The van der Waals surface area contributed by atoms with E-state index in [0.29, 0.717) is 10.0 Å². The molecule has 0 saturated carbocycles. The quantitative estimate of drug-likeness (QED) is 0.734. The second-order valence-corrected chi connectivity index (χ2v) is 6.48. The summed E-state index contributed by atoms with van der Waals surface area (Å²) < 4.78 is 1.68. The minimum atomic E-state index is -0.122. The number of aromatic nitrogens is 3. The van der Waals surface area contributed by atoms with Crippen LogP contribution in [0.5, 0.6) is 0 Å². The van der Waals surface area contributed by atoms with Gasteiger partial charge in [-0.05, 0) is 42.3 Å². The minimum Gasteiger partial charge on any atom is -0.349 e. The van der Waals surface area contributed by atoms with Crippen LogP contribution in [0.25, 0.3) is 5.69 Å². The molecule has 0 aliphatic heterocycles. The molecule has 1 atom stereocenters. The number of amides is 1. The SMILES string of the molecule is C[C@@H](NC(=O)Cc1ccc(Cl)cc1Cl)c1ccc(-n2cncn2)cc1. The topological polar surface area (TPSA) is 59.8 Å². The Morgan fingerprint density at radius 2 is 1.96 bits per heavy atom. The van der Waals surface area contributed by atoms with Gasteiger partial charge in [-0.2, -0.15) is 5.10 Å². The van der Waals surface area contributed by atoms with Crippen molar-refractivity contribution in [2.75, 3.05) is 0 Å². The van der Waals surface area contributed by atoms with Crippen LogP contribution in [0.1, 0.15) is 24.1 Å². The van der Waals surface area contributed by atoms with Crippen molar-refractivity contribution in [1.29, 1.82) is 0 Å². The highest BCUT2D eigenvalue weighted by Crippen LogP contribution is 2.22. The van der Waals surface area contributed by atoms with E-state index >= 15 is 0 Å². The van der Waals surface area contributed by atoms with Gasteiger partial charge in [0.25, 0.3) is 0 Å². The van der Waals surface area contributed by atoms with Gasteiger partial charge in [-0.25, -0.2) is 9.67 Å². The van der Waals surface area contributed by atoms with E-state index in [0.717, 1.165) is 16.8 Å². The molecule has 7 heteroatoms. The lowest BCUT2D eigenvalue weighted by atomic mass is 10.1. The third-order valence-corrected chi connectivity index (χ3v) is 4.41. The number of nitrogens with zero attached hydrogens (tertiary/aromatic N) is 3. The minimum absolute atomic E-state index is 0.0999. The Morgan fingerprint density at radius 3 is 2.60 bits per heavy atom. The van der Waals surface area contributed by atoms with Crippen LogP contribution in [0.15, 0.2) is 55.1 Å². The first-order valence-electron chi connectivity index (χ1n) is 7.71. The maximum absolute atomic E-state index is 12.3. The summed E-state index contributed by atoms with van der Waals surface area (Å²) in [6.07, 6.45) is 3.33. The van der Waals surface area contributed by atoms with Gasteiger partial charge in [0.05, 0.1) is 18.2 Å². The zero-order chi connectivity index (χ0) is 17.8. The highest BCUT2D eigenvalue weighted by Gasteiger charge is 2.12. The first kappa shape index (κ1) is 17.5. The third-order valence-electron chi connectivity index (χ3n) is 3.82. The van der Waals surface area contributed by atoms with Crippen molar-refractivity contribution >= 4 is 29.1 Å². The number of hydrogen-bond acceptors (Lipinski definition) is 3. The molecule has 128 valence electrons. The summed E-state index contributed by atoms with van der Waals surface area (Å²) in [5.41, 5.74) is 2.66. The van der Waals surface area contributed by atoms with Crippen LogP contribution in [-0.2, 0) is 11.2 Å². The Labute approximate surface area is 155 Å². The molecular formula is C18H16Cl2N4O. The fraction of sp³-hybridized carbons (Fsp3) is 0.167. The summed E-state index contributed by atoms with van der Waals surface area (Å²) in [6, 6.07) is 12.8. The number of carbonyl (C=O) groups excluding carboxylic acids is 1. The van der Waals surface area contributed by atoms with E-state index in [-0.39, 0.29) is 18.4 Å². The number of hydrogen-bond donors (Lipinski definition) is 1. The van der Waals surface area contributed by atoms with Crippen LogP contribution in [0.3, 0.4) is 0 Å². The van der Waals surface area contributed by atoms with Crippen molar-refractivity contribution in [3.05, 3.63) is 76.3 Å². The van der Waals surface area contributed by atoms with Crippen LogP contribution in [-0.4, -0.2) is 20.7 Å². The number of rotatable bonds is 5. The highest BCUT2D eigenvalue weighted by atomic mass is 35.5. The Bertz CT molecular complexity index is 863. The largest absolute Gasteiger partial charge is 0.349 e. The fourth-order valence-corrected chi connectivity index (χ4v) is 2.95. The molecule has 1 amide bonds. The first-order chi connectivity index (χ1) is 12.0. The van der Waals surface area contributed by atoms with E-state index in [1.54, 1.807) is 29.2 Å². The molecule has 0 bridgehead atoms. The number of carbonyl (C=O) groups is 1. The highest BCUT2D eigenvalue weighted by molar-refractivity contribution is 6.35. The van der Waals surface area contributed by atoms with Gasteiger partial charge in [0.1, 0.15) is 12.7 Å². The Balaban J connectivity index is 1.63. The molecule has 0 aliphatic carbocycles. The van der Waals surface area contributed by atoms with Crippen LogP contribution in [0.4, 0.5) is 0 Å². The Morgan fingerprint density at radius 1 is 1.20 bits per heavy atom. The van der Waals surface area contributed by atoms with E-state index < -0.39 is 0 Å². The summed E-state index contributed by atoms with van der Waals surface area (Å²) in [6.45, 7) is 1.94. The predicted molar refractivity (Wildman–Crippen MR) is 98.1 cm³/mol. The van der Waals surface area contributed by atoms with Gasteiger partial charge in [0.2, 0.25) is 5.91 Å². The molecule has 1 heterocycles. The molecule has 0 saturated heterocycles. The lowest BCUT2D eigenvalue weighted by Crippen LogP contribution is -2.28. The Kier molecular flexibility index (Phi) is 5.36. The van der Waals surface area contributed by atoms with Crippen molar-refractivity contribution < 1.29 is 4.79 Å². The van der Waals surface area contributed by atoms with E-state index in [9.17, 15) is 4.79 Å². The number of nitrogens with one attached hydrogen (secondary N) is 1. The molecule has 25 heavy (non-hydrogen) atoms. The fourth-order valence-electron chi connectivity index (χ4n) is 2.47. The van der Waals surface area contributed by atoms with Gasteiger partial charge < -0.3 is 5.32 Å². The smallest absolute Gasteiger partial charge is 0.224 e. The van der Waals surface area contributed by atoms with Crippen molar-refractivity contribution in [3.8, 4) is 5.69 Å². The zero-order valence-corrected chi connectivity index (χ0v) is 15.0. The van der Waals surface area contributed by atoms with Gasteiger partial charge in [-0.1, -0.05) is 41.4 Å². The van der Waals surface area contributed by atoms with Crippen LogP contribution in [0.2, 0.25) is 10.0 Å². The van der Waals surface area contributed by atoms with Crippen LogP contribution < -0.4 is 5.32 Å². The third kappa shape index (κ3) is 4.38. The maximum Gasteiger partial charge on any atom is 0.224 e. The van der Waals surface area contributed by atoms with E-state index in [4.69, 9.17) is 23.2 Å². The average molecular weight is 375 g/mol. The molecule has 5 nitrogen and oxygen atoms in total. The summed E-state index contributed by atoms with van der Waals surface area (Å²) in [4.78, 5) is 16.2. The van der Waals surface area contributed by atoms with Gasteiger partial charge in [0.15, 0.2) is 0 Å². The molecule has 0 radical (unpaired) electrons. The van der Waals surface area contributed by atoms with Gasteiger partial charge in [0, 0.05) is 10.0 Å². The maximum atomic E-state index is 12.3.